The largest absolute Gasteiger partial charge is 0.336 e. The Kier molecular flexibility index (Phi) is 4.81. The molecule has 0 saturated carbocycles. The summed E-state index contributed by atoms with van der Waals surface area (Å²) in [7, 11) is 0. The van der Waals surface area contributed by atoms with E-state index in [4.69, 9.17) is 5.84 Å². The number of nitrogen functional groups attached to an aromatic ring is 1. The number of nitrogens with two attached hydrogens (primary N) is 1. The molecule has 7 heteroatoms. The van der Waals surface area contributed by atoms with Crippen LogP contribution in [0.1, 0.15) is 6.92 Å². The van der Waals surface area contributed by atoms with Gasteiger partial charge in [-0.2, -0.15) is 0 Å². The molecule has 0 unspecified atom stereocenters. The molecule has 2 aromatic carbocycles. The average Bonchev–Trinajstić information content (AvgIpc) is 3.01. The Morgan fingerprint density at radius 3 is 2.58 bits per heavy atom. The Hall–Kier alpha value is -2.80. The minimum Gasteiger partial charge on any atom is -0.336 e. The molecule has 0 radical (unpaired) electrons. The quantitative estimate of drug-likeness (QED) is 0.551. The number of thioether (sulfide) groups is 1. The van der Waals surface area contributed by atoms with Gasteiger partial charge in [0.05, 0.1) is 5.25 Å². The van der Waals surface area contributed by atoms with Crippen LogP contribution in [0.15, 0.2) is 66.1 Å². The Bertz CT molecular complexity index is 834. The fraction of sp³-hybridized carbons (Fsp3) is 0.118. The molecule has 0 fully saturated rings. The van der Waals surface area contributed by atoms with Gasteiger partial charge < -0.3 is 11.2 Å². The SMILES string of the molecule is C[C@@H](Sc1nncn1N)C(=O)Nc1ccccc1-c1ccccc1. The third kappa shape index (κ3) is 3.57. The fourth-order valence-electron chi connectivity index (χ4n) is 2.22. The second-order valence-electron chi connectivity index (χ2n) is 5.18. The first kappa shape index (κ1) is 16.1. The summed E-state index contributed by atoms with van der Waals surface area (Å²) in [6.07, 6.45) is 1.40. The van der Waals surface area contributed by atoms with Crippen molar-refractivity contribution in [3.05, 3.63) is 60.9 Å². The molecule has 1 atom stereocenters. The van der Waals surface area contributed by atoms with Crippen LogP contribution in [0.2, 0.25) is 0 Å². The zero-order valence-electron chi connectivity index (χ0n) is 13.1. The number of benzene rings is 2. The summed E-state index contributed by atoms with van der Waals surface area (Å²) in [6, 6.07) is 17.7. The van der Waals surface area contributed by atoms with Crippen molar-refractivity contribution in [1.29, 1.82) is 0 Å². The van der Waals surface area contributed by atoms with Crippen LogP contribution in [0.5, 0.6) is 0 Å². The van der Waals surface area contributed by atoms with Crippen LogP contribution >= 0.6 is 11.8 Å². The standard InChI is InChI=1S/C17H17N5OS/c1-12(24-17-21-19-11-22(17)18)16(23)20-15-10-6-5-9-14(15)13-7-3-2-4-8-13/h2-12H,18H2,1H3,(H,20,23)/t12-/m1/s1. The summed E-state index contributed by atoms with van der Waals surface area (Å²) < 4.78 is 1.30. The van der Waals surface area contributed by atoms with Crippen molar-refractivity contribution in [3.8, 4) is 11.1 Å². The van der Waals surface area contributed by atoms with E-state index >= 15 is 0 Å². The van der Waals surface area contributed by atoms with Crippen LogP contribution < -0.4 is 11.2 Å². The van der Waals surface area contributed by atoms with Gasteiger partial charge in [0.2, 0.25) is 11.1 Å². The molecule has 1 amide bonds. The van der Waals surface area contributed by atoms with E-state index in [9.17, 15) is 4.79 Å². The van der Waals surface area contributed by atoms with Crippen molar-refractivity contribution in [1.82, 2.24) is 14.9 Å². The number of carbonyl (C=O) groups is 1. The maximum Gasteiger partial charge on any atom is 0.237 e. The van der Waals surface area contributed by atoms with E-state index in [0.717, 1.165) is 16.8 Å². The summed E-state index contributed by atoms with van der Waals surface area (Å²) in [4.78, 5) is 12.5. The van der Waals surface area contributed by atoms with Gasteiger partial charge >= 0.3 is 0 Å². The van der Waals surface area contributed by atoms with Gasteiger partial charge in [-0.05, 0) is 18.6 Å². The minimum atomic E-state index is -0.361. The molecule has 1 heterocycles. The summed E-state index contributed by atoms with van der Waals surface area (Å²) >= 11 is 1.26. The summed E-state index contributed by atoms with van der Waals surface area (Å²) in [5.74, 6) is 5.56. The molecule has 3 aromatic rings. The van der Waals surface area contributed by atoms with Crippen LogP contribution in [0.4, 0.5) is 5.69 Å². The van der Waals surface area contributed by atoms with Crippen molar-refractivity contribution in [2.75, 3.05) is 11.2 Å². The number of rotatable bonds is 5. The molecular formula is C17H17N5OS. The number of aromatic nitrogens is 3. The molecule has 0 saturated heterocycles. The highest BCUT2D eigenvalue weighted by atomic mass is 32.2. The van der Waals surface area contributed by atoms with Gasteiger partial charge in [-0.15, -0.1) is 10.2 Å². The number of anilines is 1. The van der Waals surface area contributed by atoms with Crippen molar-refractivity contribution in [2.24, 2.45) is 0 Å². The molecule has 24 heavy (non-hydrogen) atoms. The number of nitrogens with zero attached hydrogens (tertiary/aromatic N) is 3. The second kappa shape index (κ2) is 7.18. The lowest BCUT2D eigenvalue weighted by atomic mass is 10.0. The summed E-state index contributed by atoms with van der Waals surface area (Å²) in [5, 5.41) is 10.7. The summed E-state index contributed by atoms with van der Waals surface area (Å²) in [6.45, 7) is 1.81. The second-order valence-corrected chi connectivity index (χ2v) is 6.49. The number of para-hydroxylation sites is 1. The molecule has 0 bridgehead atoms. The molecule has 3 N–H and O–H groups in total. The third-order valence-corrected chi connectivity index (χ3v) is 4.53. The van der Waals surface area contributed by atoms with E-state index in [1.54, 1.807) is 6.92 Å². The summed E-state index contributed by atoms with van der Waals surface area (Å²) in [5.41, 5.74) is 2.80. The van der Waals surface area contributed by atoms with Gasteiger partial charge in [-0.1, -0.05) is 60.3 Å². The van der Waals surface area contributed by atoms with Crippen molar-refractivity contribution in [3.63, 3.8) is 0 Å². The van der Waals surface area contributed by atoms with E-state index in [1.807, 2.05) is 54.6 Å². The van der Waals surface area contributed by atoms with Crippen LogP contribution in [0.25, 0.3) is 11.1 Å². The molecule has 0 spiro atoms. The van der Waals surface area contributed by atoms with Crippen LogP contribution in [0.3, 0.4) is 0 Å². The van der Waals surface area contributed by atoms with Gasteiger partial charge in [0, 0.05) is 11.3 Å². The highest BCUT2D eigenvalue weighted by Crippen LogP contribution is 2.28. The highest BCUT2D eigenvalue weighted by molar-refractivity contribution is 8.00. The van der Waals surface area contributed by atoms with Gasteiger partial charge in [0.1, 0.15) is 6.33 Å². The number of hydrogen-bond acceptors (Lipinski definition) is 5. The first-order chi connectivity index (χ1) is 11.6. The molecule has 122 valence electrons. The van der Waals surface area contributed by atoms with Crippen molar-refractivity contribution < 1.29 is 4.79 Å². The predicted molar refractivity (Wildman–Crippen MR) is 96.0 cm³/mol. The lowest BCUT2D eigenvalue weighted by Crippen LogP contribution is -2.23. The molecule has 0 aliphatic carbocycles. The van der Waals surface area contributed by atoms with Crippen molar-refractivity contribution in [2.45, 2.75) is 17.3 Å². The normalized spacial score (nSPS) is 11.9. The molecule has 6 nitrogen and oxygen atoms in total. The monoisotopic (exact) mass is 339 g/mol. The van der Waals surface area contributed by atoms with Crippen molar-refractivity contribution >= 4 is 23.4 Å². The third-order valence-electron chi connectivity index (χ3n) is 3.46. The fourth-order valence-corrected chi connectivity index (χ4v) is 2.97. The number of amides is 1. The van der Waals surface area contributed by atoms with E-state index in [0.29, 0.717) is 5.16 Å². The van der Waals surface area contributed by atoms with Crippen LogP contribution in [-0.2, 0) is 4.79 Å². The molecule has 0 aliphatic heterocycles. The first-order valence-corrected chi connectivity index (χ1v) is 8.30. The Morgan fingerprint density at radius 2 is 1.88 bits per heavy atom. The zero-order chi connectivity index (χ0) is 16.9. The first-order valence-electron chi connectivity index (χ1n) is 7.42. The lowest BCUT2D eigenvalue weighted by Gasteiger charge is -2.14. The predicted octanol–water partition coefficient (Wildman–Crippen LogP) is 2.78. The van der Waals surface area contributed by atoms with Gasteiger partial charge in [0.15, 0.2) is 0 Å². The van der Waals surface area contributed by atoms with E-state index < -0.39 is 0 Å². The number of carbonyl (C=O) groups excluding carboxylic acids is 1. The van der Waals surface area contributed by atoms with Crippen LogP contribution in [-0.4, -0.2) is 26.0 Å². The Morgan fingerprint density at radius 1 is 1.17 bits per heavy atom. The zero-order valence-corrected chi connectivity index (χ0v) is 13.9. The lowest BCUT2D eigenvalue weighted by molar-refractivity contribution is -0.115. The molecular weight excluding hydrogens is 322 g/mol. The van der Waals surface area contributed by atoms with E-state index in [2.05, 4.69) is 15.5 Å². The maximum atomic E-state index is 12.5. The van der Waals surface area contributed by atoms with E-state index in [-0.39, 0.29) is 11.2 Å². The highest BCUT2D eigenvalue weighted by Gasteiger charge is 2.18. The number of hydrogen-bond donors (Lipinski definition) is 2. The van der Waals surface area contributed by atoms with Crippen LogP contribution in [0, 0.1) is 0 Å². The Labute approximate surface area is 144 Å². The maximum absolute atomic E-state index is 12.5. The number of nitrogens with one attached hydrogen (secondary N) is 1. The van der Waals surface area contributed by atoms with Gasteiger partial charge in [-0.3, -0.25) is 4.79 Å². The molecule has 1 aromatic heterocycles. The minimum absolute atomic E-state index is 0.119. The smallest absolute Gasteiger partial charge is 0.237 e. The molecule has 3 rings (SSSR count). The topological polar surface area (TPSA) is 85.8 Å². The van der Waals surface area contributed by atoms with Gasteiger partial charge in [-0.25, -0.2) is 4.68 Å². The average molecular weight is 339 g/mol. The molecule has 0 aliphatic rings. The van der Waals surface area contributed by atoms with Gasteiger partial charge in [0.25, 0.3) is 0 Å². The Balaban J connectivity index is 1.76. The van der Waals surface area contributed by atoms with E-state index in [1.165, 1.54) is 22.8 Å².